The molecular formula is C5H7NO. The molecule has 0 unspecified atom stereocenters. The summed E-state index contributed by atoms with van der Waals surface area (Å²) in [4.78, 5) is 0. The van der Waals surface area contributed by atoms with Gasteiger partial charge in [0.15, 0.2) is 0 Å². The van der Waals surface area contributed by atoms with Gasteiger partial charge < -0.3 is 5.11 Å². The van der Waals surface area contributed by atoms with Gasteiger partial charge in [0, 0.05) is 6.08 Å². The van der Waals surface area contributed by atoms with Crippen LogP contribution in [0.2, 0.25) is 0 Å². The zero-order valence-corrected chi connectivity index (χ0v) is 4.13. The molecule has 0 aromatic heterocycles. The summed E-state index contributed by atoms with van der Waals surface area (Å²) < 4.78 is 0. The van der Waals surface area contributed by atoms with Gasteiger partial charge in [-0.05, 0) is 13.0 Å². The normalized spacial score (nSPS) is 13.9. The average molecular weight is 97.1 g/mol. The third-order valence-corrected chi connectivity index (χ3v) is 0.449. The molecule has 7 heavy (non-hydrogen) atoms. The first kappa shape index (κ1) is 6.19. The van der Waals surface area contributed by atoms with Crippen molar-refractivity contribution in [2.45, 2.75) is 13.0 Å². The molecule has 1 N–H and O–H groups in total. The minimum Gasteiger partial charge on any atom is -0.389 e. The Balaban J connectivity index is 3.31. The maximum absolute atomic E-state index is 8.45. The highest BCUT2D eigenvalue weighted by molar-refractivity contribution is 5.03. The molecule has 38 valence electrons. The van der Waals surface area contributed by atoms with E-state index in [9.17, 15) is 0 Å². The molecule has 0 spiro atoms. The number of nitrogens with zero attached hydrogens (tertiary/aromatic N) is 1. The van der Waals surface area contributed by atoms with Crippen molar-refractivity contribution in [3.63, 3.8) is 0 Å². The van der Waals surface area contributed by atoms with E-state index in [-0.39, 0.29) is 0 Å². The second-order valence-corrected chi connectivity index (χ2v) is 1.23. The zero-order chi connectivity index (χ0) is 5.70. The first-order valence-corrected chi connectivity index (χ1v) is 2.01. The molecule has 0 rings (SSSR count). The Morgan fingerprint density at radius 2 is 2.43 bits per heavy atom. The third-order valence-electron chi connectivity index (χ3n) is 0.449. The standard InChI is InChI=1S/C5H7NO/c1-5(7)3-2-4-6/h2-3,5,7H,1H3/b3-2+/t5-/m0/s1. The Labute approximate surface area is 42.7 Å². The molecule has 0 fully saturated rings. The van der Waals surface area contributed by atoms with E-state index in [4.69, 9.17) is 10.4 Å². The van der Waals surface area contributed by atoms with E-state index in [1.807, 2.05) is 0 Å². The number of rotatable bonds is 1. The van der Waals surface area contributed by atoms with Crippen molar-refractivity contribution in [1.82, 2.24) is 0 Å². The van der Waals surface area contributed by atoms with Crippen LogP contribution in [-0.4, -0.2) is 11.2 Å². The smallest absolute Gasteiger partial charge is 0.0909 e. The molecule has 0 aliphatic carbocycles. The molecular weight excluding hydrogens is 90.1 g/mol. The fourth-order valence-corrected chi connectivity index (χ4v) is 0.182. The number of aliphatic hydroxyl groups excluding tert-OH is 1. The maximum atomic E-state index is 8.45. The molecule has 0 bridgehead atoms. The summed E-state index contributed by atoms with van der Waals surface area (Å²) in [5.41, 5.74) is 0. The fourth-order valence-electron chi connectivity index (χ4n) is 0.182. The quantitative estimate of drug-likeness (QED) is 0.483. The minimum absolute atomic E-state index is 0.500. The number of hydrogen-bond acceptors (Lipinski definition) is 2. The van der Waals surface area contributed by atoms with Gasteiger partial charge >= 0.3 is 0 Å². The van der Waals surface area contributed by atoms with Crippen LogP contribution in [0.15, 0.2) is 12.2 Å². The van der Waals surface area contributed by atoms with E-state index in [1.54, 1.807) is 13.0 Å². The summed E-state index contributed by atoms with van der Waals surface area (Å²) in [7, 11) is 0. The average Bonchev–Trinajstić information content (AvgIpc) is 1.61. The van der Waals surface area contributed by atoms with E-state index in [1.165, 1.54) is 12.2 Å². The van der Waals surface area contributed by atoms with Crippen LogP contribution in [0.1, 0.15) is 6.92 Å². The number of aliphatic hydroxyl groups is 1. The van der Waals surface area contributed by atoms with Gasteiger partial charge in [0.25, 0.3) is 0 Å². The van der Waals surface area contributed by atoms with Crippen LogP contribution in [-0.2, 0) is 0 Å². The lowest BCUT2D eigenvalue weighted by molar-refractivity contribution is 0.244. The van der Waals surface area contributed by atoms with Crippen LogP contribution >= 0.6 is 0 Å². The van der Waals surface area contributed by atoms with Gasteiger partial charge in [-0.1, -0.05) is 0 Å². The maximum Gasteiger partial charge on any atom is 0.0909 e. The van der Waals surface area contributed by atoms with Gasteiger partial charge in [0.2, 0.25) is 0 Å². The molecule has 2 nitrogen and oxygen atoms in total. The van der Waals surface area contributed by atoms with Crippen LogP contribution < -0.4 is 0 Å². The van der Waals surface area contributed by atoms with Crippen LogP contribution in [0, 0.1) is 11.3 Å². The molecule has 0 amide bonds. The second kappa shape index (κ2) is 3.38. The summed E-state index contributed by atoms with van der Waals surface area (Å²) in [6.07, 6.45) is 2.17. The Kier molecular flexibility index (Phi) is 2.99. The summed E-state index contributed by atoms with van der Waals surface area (Å²) in [5.74, 6) is 0. The van der Waals surface area contributed by atoms with Crippen molar-refractivity contribution in [3.8, 4) is 6.07 Å². The van der Waals surface area contributed by atoms with E-state index < -0.39 is 6.10 Å². The van der Waals surface area contributed by atoms with Gasteiger partial charge in [-0.15, -0.1) is 0 Å². The summed E-state index contributed by atoms with van der Waals surface area (Å²) in [6.45, 7) is 1.59. The van der Waals surface area contributed by atoms with Crippen molar-refractivity contribution in [1.29, 1.82) is 5.26 Å². The molecule has 0 radical (unpaired) electrons. The Morgan fingerprint density at radius 1 is 1.86 bits per heavy atom. The van der Waals surface area contributed by atoms with Crippen LogP contribution in [0.4, 0.5) is 0 Å². The molecule has 0 aromatic rings. The van der Waals surface area contributed by atoms with Gasteiger partial charge in [0.1, 0.15) is 0 Å². The molecule has 0 saturated heterocycles. The van der Waals surface area contributed by atoms with Crippen LogP contribution in [0.3, 0.4) is 0 Å². The summed E-state index contributed by atoms with van der Waals surface area (Å²) in [5, 5.41) is 16.3. The van der Waals surface area contributed by atoms with Gasteiger partial charge in [-0.2, -0.15) is 5.26 Å². The molecule has 0 heterocycles. The highest BCUT2D eigenvalue weighted by Gasteiger charge is 1.80. The predicted molar refractivity (Wildman–Crippen MR) is 26.4 cm³/mol. The van der Waals surface area contributed by atoms with E-state index >= 15 is 0 Å². The molecule has 2 heteroatoms. The Bertz CT molecular complexity index is 99.1. The van der Waals surface area contributed by atoms with Gasteiger partial charge in [-0.25, -0.2) is 0 Å². The highest BCUT2D eigenvalue weighted by Crippen LogP contribution is 1.78. The molecule has 0 aliphatic rings. The van der Waals surface area contributed by atoms with E-state index in [0.717, 1.165) is 0 Å². The molecule has 0 saturated carbocycles. The summed E-state index contributed by atoms with van der Waals surface area (Å²) >= 11 is 0. The third kappa shape index (κ3) is 5.19. The van der Waals surface area contributed by atoms with Crippen molar-refractivity contribution < 1.29 is 5.11 Å². The second-order valence-electron chi connectivity index (χ2n) is 1.23. The molecule has 0 aromatic carbocycles. The van der Waals surface area contributed by atoms with Gasteiger partial charge in [0.05, 0.1) is 12.2 Å². The largest absolute Gasteiger partial charge is 0.389 e. The summed E-state index contributed by atoms with van der Waals surface area (Å²) in [6, 6.07) is 1.76. The lowest BCUT2D eigenvalue weighted by Crippen LogP contribution is -1.90. The SMILES string of the molecule is C[C@H](O)/C=C/C#N. The van der Waals surface area contributed by atoms with Crippen molar-refractivity contribution in [3.05, 3.63) is 12.2 Å². The van der Waals surface area contributed by atoms with E-state index in [2.05, 4.69) is 0 Å². The first-order valence-electron chi connectivity index (χ1n) is 2.01. The predicted octanol–water partition coefficient (Wildman–Crippen LogP) is 0.447. The lowest BCUT2D eigenvalue weighted by Gasteiger charge is -1.86. The van der Waals surface area contributed by atoms with Gasteiger partial charge in [-0.3, -0.25) is 0 Å². The monoisotopic (exact) mass is 97.1 g/mol. The Morgan fingerprint density at radius 3 is 2.57 bits per heavy atom. The molecule has 0 aliphatic heterocycles. The fraction of sp³-hybridized carbons (Fsp3) is 0.400. The van der Waals surface area contributed by atoms with Crippen molar-refractivity contribution in [2.24, 2.45) is 0 Å². The van der Waals surface area contributed by atoms with Crippen molar-refractivity contribution >= 4 is 0 Å². The zero-order valence-electron chi connectivity index (χ0n) is 4.13. The van der Waals surface area contributed by atoms with E-state index in [0.29, 0.717) is 0 Å². The number of allylic oxidation sites excluding steroid dienone is 1. The minimum atomic E-state index is -0.500. The lowest BCUT2D eigenvalue weighted by atomic mass is 10.4. The van der Waals surface area contributed by atoms with Crippen LogP contribution in [0.5, 0.6) is 0 Å². The Hall–Kier alpha value is -0.810. The van der Waals surface area contributed by atoms with Crippen LogP contribution in [0.25, 0.3) is 0 Å². The topological polar surface area (TPSA) is 44.0 Å². The first-order chi connectivity index (χ1) is 3.27. The molecule has 1 atom stereocenters. The highest BCUT2D eigenvalue weighted by atomic mass is 16.3. The number of hydrogen-bond donors (Lipinski definition) is 1. The van der Waals surface area contributed by atoms with Crippen molar-refractivity contribution in [2.75, 3.05) is 0 Å². The number of nitriles is 1.